The van der Waals surface area contributed by atoms with Crippen LogP contribution in [0.5, 0.6) is 0 Å². The van der Waals surface area contributed by atoms with E-state index in [1.165, 1.54) is 51.5 Å². The number of ketones is 1. The molecule has 1 N–H and O–H groups in total. The van der Waals surface area contributed by atoms with E-state index in [4.69, 9.17) is 5.11 Å². The summed E-state index contributed by atoms with van der Waals surface area (Å²) in [6.45, 7) is 6.99. The van der Waals surface area contributed by atoms with Gasteiger partial charge >= 0.3 is 5.97 Å². The predicted molar refractivity (Wildman–Crippen MR) is 141 cm³/mol. The quantitative estimate of drug-likeness (QED) is 0.264. The lowest BCUT2D eigenvalue weighted by atomic mass is 10.6. The highest BCUT2D eigenvalue weighted by Gasteiger charge is 2.01. The van der Waals surface area contributed by atoms with Gasteiger partial charge in [-0.05, 0) is 13.8 Å². The molecule has 0 spiro atoms. The highest BCUT2D eigenvalue weighted by molar-refractivity contribution is 15.0. The minimum Gasteiger partial charge on any atom is -0.444 e. The van der Waals surface area contributed by atoms with Gasteiger partial charge in [0.2, 0.25) is 11.8 Å². The van der Waals surface area contributed by atoms with Gasteiger partial charge in [-0.3, -0.25) is 14.4 Å². The lowest BCUT2D eigenvalue weighted by molar-refractivity contribution is -0.149. The second-order valence-electron chi connectivity index (χ2n) is 4.25. The van der Waals surface area contributed by atoms with Gasteiger partial charge in [0.1, 0.15) is 12.5 Å². The van der Waals surface area contributed by atoms with Crippen molar-refractivity contribution >= 4 is 84.8 Å². The SMILES string of the molecule is C.C.C.CC(=O)N(C)CO.CC(=O)OCN(C)C(C)=O.CC(C)=O.I.II. The smallest absolute Gasteiger partial charge is 0.304 e. The van der Waals surface area contributed by atoms with Crippen LogP contribution in [0.15, 0.2) is 0 Å². The highest BCUT2D eigenvalue weighted by Crippen LogP contribution is 1.89. The summed E-state index contributed by atoms with van der Waals surface area (Å²) in [5.74, 6) is -0.461. The Balaban J connectivity index is -0.0000000317. The fourth-order valence-corrected chi connectivity index (χ4v) is 0.378. The predicted octanol–water partition coefficient (Wildman–Crippen LogP) is 4.29. The van der Waals surface area contributed by atoms with Gasteiger partial charge in [0.15, 0.2) is 6.73 Å². The Morgan fingerprint density at radius 2 is 1.07 bits per heavy atom. The molecule has 8 nitrogen and oxygen atoms in total. The van der Waals surface area contributed by atoms with Crippen LogP contribution in [0.2, 0.25) is 0 Å². The van der Waals surface area contributed by atoms with Crippen LogP contribution in [0, 0.1) is 0 Å². The van der Waals surface area contributed by atoms with Crippen LogP contribution in [0.1, 0.15) is 56.9 Å². The van der Waals surface area contributed by atoms with Gasteiger partial charge in [0.05, 0.1) is 0 Å². The van der Waals surface area contributed by atoms with Gasteiger partial charge in [-0.25, -0.2) is 0 Å². The van der Waals surface area contributed by atoms with Gasteiger partial charge in [-0.15, -0.1) is 24.0 Å². The number of carbonyl (C=O) groups excluding carboxylic acids is 4. The maximum atomic E-state index is 10.5. The fraction of sp³-hybridized carbons (Fsp3) is 0.750. The van der Waals surface area contributed by atoms with Gasteiger partial charge in [0, 0.05) is 72.1 Å². The average molecular weight is 736 g/mol. The zero-order valence-corrected chi connectivity index (χ0v) is 21.6. The van der Waals surface area contributed by atoms with E-state index in [1.54, 1.807) is 7.05 Å². The van der Waals surface area contributed by atoms with E-state index in [0.717, 1.165) is 0 Å². The Labute approximate surface area is 206 Å². The van der Waals surface area contributed by atoms with Crippen molar-refractivity contribution in [3.8, 4) is 0 Å². The second-order valence-corrected chi connectivity index (χ2v) is 4.25. The monoisotopic (exact) mass is 736 g/mol. The van der Waals surface area contributed by atoms with Gasteiger partial charge < -0.3 is 24.4 Å². The van der Waals surface area contributed by atoms with Crippen LogP contribution in [0.25, 0.3) is 0 Å². The second kappa shape index (κ2) is 37.0. The lowest BCUT2D eigenvalue weighted by Gasteiger charge is -2.13. The number of amides is 2. The Kier molecular flexibility index (Phi) is 69.5. The van der Waals surface area contributed by atoms with Crippen molar-refractivity contribution in [2.75, 3.05) is 27.6 Å². The van der Waals surface area contributed by atoms with E-state index in [1.807, 2.05) is 0 Å². The summed E-state index contributed by atoms with van der Waals surface area (Å²) >= 11 is 4.24. The molecular formula is C16H39I3N2O6. The number of halogens is 3. The van der Waals surface area contributed by atoms with Crippen LogP contribution in [-0.2, 0) is 23.9 Å². The number of esters is 1. The summed E-state index contributed by atoms with van der Waals surface area (Å²) in [6.07, 6.45) is 0. The lowest BCUT2D eigenvalue weighted by Crippen LogP contribution is -2.27. The molecule has 0 rings (SSSR count). The molecule has 0 aromatic heterocycles. The van der Waals surface area contributed by atoms with Crippen molar-refractivity contribution in [3.05, 3.63) is 0 Å². The molecule has 0 saturated heterocycles. The first-order valence-electron chi connectivity index (χ1n) is 6.24. The number of ether oxygens (including phenoxy) is 1. The number of hydrogen-bond donors (Lipinski definition) is 1. The van der Waals surface area contributed by atoms with Crippen molar-refractivity contribution in [3.63, 3.8) is 0 Å². The highest BCUT2D eigenvalue weighted by atomic mass is 128. The molecule has 0 heterocycles. The molecule has 0 unspecified atom stereocenters. The van der Waals surface area contributed by atoms with E-state index < -0.39 is 0 Å². The molecule has 0 aromatic rings. The number of Topliss-reactive ketones (excluding diaryl/α,β-unsaturated/α-hetero) is 1. The third-order valence-corrected chi connectivity index (χ3v) is 1.75. The van der Waals surface area contributed by atoms with Crippen LogP contribution in [0.3, 0.4) is 0 Å². The maximum absolute atomic E-state index is 10.5. The molecule has 0 fully saturated rings. The standard InChI is InChI=1S/C6H11NO3.C4H9NO2.C3H6O.3CH4.I2.HI/c1-5(8)7(3)4-10-6(2)9;1-4(7)5(2)3-6;1-3(2)4;;;;1-2;/h4H2,1-3H3;6H,3H2,1-2H3;1-2H3;3*1H4;;1H. The Bertz CT molecular complexity index is 355. The third-order valence-electron chi connectivity index (χ3n) is 1.75. The summed E-state index contributed by atoms with van der Waals surface area (Å²) in [5.41, 5.74) is 0. The van der Waals surface area contributed by atoms with Crippen molar-refractivity contribution < 1.29 is 29.0 Å². The largest absolute Gasteiger partial charge is 0.444 e. The molecular weight excluding hydrogens is 697 g/mol. The van der Waals surface area contributed by atoms with E-state index >= 15 is 0 Å². The molecule has 0 aliphatic rings. The van der Waals surface area contributed by atoms with E-state index in [0.29, 0.717) is 0 Å². The summed E-state index contributed by atoms with van der Waals surface area (Å²) in [6, 6.07) is 0. The number of carbonyl (C=O) groups is 4. The molecule has 2 amide bonds. The summed E-state index contributed by atoms with van der Waals surface area (Å²) in [7, 11) is 3.09. The Morgan fingerprint density at radius 1 is 0.815 bits per heavy atom. The summed E-state index contributed by atoms with van der Waals surface area (Å²) in [5, 5.41) is 8.21. The molecule has 0 radical (unpaired) electrons. The van der Waals surface area contributed by atoms with Crippen molar-refractivity contribution in [1.29, 1.82) is 0 Å². The molecule has 0 aliphatic heterocycles. The Morgan fingerprint density at radius 3 is 1.19 bits per heavy atom. The van der Waals surface area contributed by atoms with Gasteiger partial charge in [-0.2, -0.15) is 0 Å². The zero-order chi connectivity index (χ0) is 19.6. The van der Waals surface area contributed by atoms with Gasteiger partial charge in [0.25, 0.3) is 0 Å². The zero-order valence-electron chi connectivity index (χ0n) is 15.0. The van der Waals surface area contributed by atoms with Crippen LogP contribution >= 0.6 is 61.2 Å². The van der Waals surface area contributed by atoms with Crippen LogP contribution in [-0.4, -0.2) is 66.0 Å². The summed E-state index contributed by atoms with van der Waals surface area (Å²) < 4.78 is 4.53. The normalized spacial score (nSPS) is 6.59. The van der Waals surface area contributed by atoms with Crippen molar-refractivity contribution in [2.45, 2.75) is 56.9 Å². The molecule has 0 aromatic carbocycles. The minimum atomic E-state index is -0.381. The number of nitrogens with zero attached hydrogens (tertiary/aromatic N) is 2. The average Bonchev–Trinajstić information content (AvgIpc) is 2.45. The Hall–Kier alpha value is 0.230. The van der Waals surface area contributed by atoms with Crippen molar-refractivity contribution in [2.24, 2.45) is 0 Å². The fourth-order valence-electron chi connectivity index (χ4n) is 0.378. The van der Waals surface area contributed by atoms with Crippen LogP contribution < -0.4 is 0 Å². The van der Waals surface area contributed by atoms with Crippen LogP contribution in [0.4, 0.5) is 0 Å². The van der Waals surface area contributed by atoms with Crippen molar-refractivity contribution in [1.82, 2.24) is 9.80 Å². The first-order valence-corrected chi connectivity index (χ1v) is 12.5. The molecule has 170 valence electrons. The molecule has 0 saturated carbocycles. The van der Waals surface area contributed by atoms with E-state index in [2.05, 4.69) is 42.0 Å². The number of aliphatic hydroxyl groups is 1. The molecule has 0 atom stereocenters. The van der Waals surface area contributed by atoms with Gasteiger partial charge in [-0.1, -0.05) is 22.3 Å². The maximum Gasteiger partial charge on any atom is 0.304 e. The number of hydrogen-bond acceptors (Lipinski definition) is 6. The minimum absolute atomic E-state index is 0. The molecule has 11 heteroatoms. The number of rotatable bonds is 3. The molecule has 27 heavy (non-hydrogen) atoms. The van der Waals surface area contributed by atoms with E-state index in [-0.39, 0.29) is 83.3 Å². The molecule has 0 aliphatic carbocycles. The third kappa shape index (κ3) is 66.4. The van der Waals surface area contributed by atoms with E-state index in [9.17, 15) is 19.2 Å². The molecule has 0 bridgehead atoms. The first kappa shape index (κ1) is 50.7. The summed E-state index contributed by atoms with van der Waals surface area (Å²) in [4.78, 5) is 42.8. The first-order chi connectivity index (χ1) is 10.4. The topological polar surface area (TPSA) is 104 Å². The number of aliphatic hydroxyl groups excluding tert-OH is 1.